The second kappa shape index (κ2) is 4.70. The Morgan fingerprint density at radius 3 is 3.00 bits per heavy atom. The third-order valence-electron chi connectivity index (χ3n) is 2.32. The van der Waals surface area contributed by atoms with E-state index in [1.165, 1.54) is 6.33 Å². The molecule has 3 nitrogen and oxygen atoms in total. The number of carbonyl (C=O) groups excluding carboxylic acids is 1. The largest absolute Gasteiger partial charge is 0.299 e. The van der Waals surface area contributed by atoms with Crippen molar-refractivity contribution in [3.63, 3.8) is 0 Å². The van der Waals surface area contributed by atoms with E-state index in [0.717, 1.165) is 15.9 Å². The van der Waals surface area contributed by atoms with Gasteiger partial charge in [0.2, 0.25) is 0 Å². The van der Waals surface area contributed by atoms with E-state index < -0.39 is 0 Å². The molecule has 0 saturated heterocycles. The second-order valence-corrected chi connectivity index (χ2v) is 5.18. The lowest BCUT2D eigenvalue weighted by atomic mass is 10.0. The van der Waals surface area contributed by atoms with E-state index in [2.05, 4.69) is 23.8 Å². The highest BCUT2D eigenvalue weighted by Crippen LogP contribution is 2.22. The maximum atomic E-state index is 11.7. The molecule has 2 aromatic rings. The summed E-state index contributed by atoms with van der Waals surface area (Å²) in [7, 11) is 0. The minimum atomic E-state index is 0.253. The Hall–Kier alpha value is -1.29. The van der Waals surface area contributed by atoms with E-state index in [1.807, 2.05) is 11.4 Å². The first-order valence-corrected chi connectivity index (χ1v) is 6.23. The van der Waals surface area contributed by atoms with Crippen LogP contribution >= 0.6 is 11.3 Å². The maximum Gasteiger partial charge on any atom is 0.139 e. The van der Waals surface area contributed by atoms with Crippen LogP contribution in [0.25, 0.3) is 10.2 Å². The number of fused-ring (bicyclic) bond motifs is 1. The highest BCUT2D eigenvalue weighted by molar-refractivity contribution is 7.17. The van der Waals surface area contributed by atoms with Crippen molar-refractivity contribution in [2.75, 3.05) is 0 Å². The zero-order valence-electron chi connectivity index (χ0n) is 9.43. The monoisotopic (exact) mass is 234 g/mol. The fourth-order valence-electron chi connectivity index (χ4n) is 1.68. The number of nitrogens with zero attached hydrogens (tertiary/aromatic N) is 2. The summed E-state index contributed by atoms with van der Waals surface area (Å²) < 4.78 is 1.04. The second-order valence-electron chi connectivity index (χ2n) is 4.27. The van der Waals surface area contributed by atoms with Crippen molar-refractivity contribution in [2.24, 2.45) is 5.92 Å². The van der Waals surface area contributed by atoms with Gasteiger partial charge in [0.25, 0.3) is 0 Å². The predicted octanol–water partition coefficient (Wildman–Crippen LogP) is 2.85. The van der Waals surface area contributed by atoms with Crippen LogP contribution in [0.4, 0.5) is 0 Å². The van der Waals surface area contributed by atoms with E-state index in [4.69, 9.17) is 0 Å². The third kappa shape index (κ3) is 2.44. The lowest BCUT2D eigenvalue weighted by molar-refractivity contribution is -0.119. The van der Waals surface area contributed by atoms with Gasteiger partial charge < -0.3 is 0 Å². The first-order chi connectivity index (χ1) is 7.66. The van der Waals surface area contributed by atoms with Crippen molar-refractivity contribution in [3.05, 3.63) is 23.5 Å². The smallest absolute Gasteiger partial charge is 0.139 e. The molecule has 0 N–H and O–H groups in total. The molecule has 2 heterocycles. The van der Waals surface area contributed by atoms with Crippen molar-refractivity contribution in [3.8, 4) is 0 Å². The van der Waals surface area contributed by atoms with Crippen molar-refractivity contribution < 1.29 is 4.79 Å². The number of hydrogen-bond donors (Lipinski definition) is 0. The molecule has 0 aliphatic rings. The van der Waals surface area contributed by atoms with Gasteiger partial charge in [0.1, 0.15) is 12.1 Å². The van der Waals surface area contributed by atoms with E-state index in [9.17, 15) is 4.79 Å². The van der Waals surface area contributed by atoms with Crippen LogP contribution < -0.4 is 0 Å². The van der Waals surface area contributed by atoms with Crippen LogP contribution in [0.15, 0.2) is 17.8 Å². The lowest BCUT2D eigenvalue weighted by Crippen LogP contribution is -2.07. The molecule has 2 aromatic heterocycles. The number of aromatic nitrogens is 2. The van der Waals surface area contributed by atoms with Gasteiger partial charge >= 0.3 is 0 Å². The van der Waals surface area contributed by atoms with Gasteiger partial charge in [-0.25, -0.2) is 9.97 Å². The van der Waals surface area contributed by atoms with Gasteiger partial charge in [0, 0.05) is 6.42 Å². The van der Waals surface area contributed by atoms with Crippen LogP contribution in [-0.2, 0) is 11.2 Å². The van der Waals surface area contributed by atoms with Crippen molar-refractivity contribution in [1.29, 1.82) is 0 Å². The first kappa shape index (κ1) is 11.2. The van der Waals surface area contributed by atoms with Crippen LogP contribution in [0, 0.1) is 5.92 Å². The molecule has 0 aliphatic heterocycles. The van der Waals surface area contributed by atoms with Crippen LogP contribution in [0.1, 0.15) is 26.0 Å². The summed E-state index contributed by atoms with van der Waals surface area (Å²) in [6, 6.07) is 1.96. The molecular formula is C12H14N2OS. The van der Waals surface area contributed by atoms with Gasteiger partial charge in [0.05, 0.1) is 22.3 Å². The van der Waals surface area contributed by atoms with E-state index >= 15 is 0 Å². The molecule has 2 rings (SSSR count). The summed E-state index contributed by atoms with van der Waals surface area (Å²) in [6.07, 6.45) is 2.58. The molecule has 0 aromatic carbocycles. The summed E-state index contributed by atoms with van der Waals surface area (Å²) in [5, 5.41) is 1.98. The summed E-state index contributed by atoms with van der Waals surface area (Å²) in [4.78, 5) is 20.1. The van der Waals surface area contributed by atoms with Crippen molar-refractivity contribution in [2.45, 2.75) is 26.7 Å². The minimum absolute atomic E-state index is 0.253. The van der Waals surface area contributed by atoms with Gasteiger partial charge in [-0.3, -0.25) is 4.79 Å². The van der Waals surface area contributed by atoms with E-state index in [1.54, 1.807) is 11.3 Å². The van der Waals surface area contributed by atoms with Crippen molar-refractivity contribution >= 4 is 27.3 Å². The zero-order valence-corrected chi connectivity index (χ0v) is 10.3. The van der Waals surface area contributed by atoms with Crippen molar-refractivity contribution in [1.82, 2.24) is 9.97 Å². The number of hydrogen-bond acceptors (Lipinski definition) is 4. The van der Waals surface area contributed by atoms with Gasteiger partial charge in [-0.2, -0.15) is 0 Å². The highest BCUT2D eigenvalue weighted by atomic mass is 32.1. The Kier molecular flexibility index (Phi) is 3.29. The predicted molar refractivity (Wildman–Crippen MR) is 65.6 cm³/mol. The number of thiophene rings is 1. The molecule has 0 unspecified atom stereocenters. The van der Waals surface area contributed by atoms with Crippen LogP contribution in [0.2, 0.25) is 0 Å². The Balaban J connectivity index is 2.20. The molecule has 0 bridgehead atoms. The Morgan fingerprint density at radius 2 is 2.25 bits per heavy atom. The van der Waals surface area contributed by atoms with Gasteiger partial charge in [-0.1, -0.05) is 13.8 Å². The Labute approximate surface area is 98.5 Å². The van der Waals surface area contributed by atoms with Crippen LogP contribution in [-0.4, -0.2) is 15.8 Å². The summed E-state index contributed by atoms with van der Waals surface area (Å²) in [5.74, 6) is 0.663. The fourth-order valence-corrected chi connectivity index (χ4v) is 2.52. The lowest BCUT2D eigenvalue weighted by Gasteiger charge is -2.03. The minimum Gasteiger partial charge on any atom is -0.299 e. The third-order valence-corrected chi connectivity index (χ3v) is 3.27. The molecule has 0 fully saturated rings. The molecular weight excluding hydrogens is 220 g/mol. The molecule has 0 saturated carbocycles. The van der Waals surface area contributed by atoms with Gasteiger partial charge in [-0.05, 0) is 17.4 Å². The zero-order chi connectivity index (χ0) is 11.5. The Morgan fingerprint density at radius 1 is 1.44 bits per heavy atom. The quantitative estimate of drug-likeness (QED) is 0.817. The molecule has 84 valence electrons. The van der Waals surface area contributed by atoms with E-state index in [0.29, 0.717) is 18.8 Å². The normalized spacial score (nSPS) is 11.2. The van der Waals surface area contributed by atoms with E-state index in [-0.39, 0.29) is 5.78 Å². The maximum absolute atomic E-state index is 11.7. The molecule has 0 radical (unpaired) electrons. The highest BCUT2D eigenvalue weighted by Gasteiger charge is 2.11. The van der Waals surface area contributed by atoms with Crippen LogP contribution in [0.5, 0.6) is 0 Å². The number of carbonyl (C=O) groups is 1. The average Bonchev–Trinajstić information content (AvgIpc) is 2.65. The standard InChI is InChI=1S/C12H14N2OS/c1-8(2)5-9(15)6-11-12-10(3-4-16-12)13-7-14-11/h3-4,7-8H,5-6H2,1-2H3. The topological polar surface area (TPSA) is 42.9 Å². The number of Topliss-reactive ketones (excluding diaryl/α,β-unsaturated/α-hetero) is 1. The molecule has 4 heteroatoms. The molecule has 16 heavy (non-hydrogen) atoms. The van der Waals surface area contributed by atoms with Gasteiger partial charge in [0.15, 0.2) is 0 Å². The number of ketones is 1. The molecule has 0 spiro atoms. The first-order valence-electron chi connectivity index (χ1n) is 5.35. The summed E-state index contributed by atoms with van der Waals surface area (Å²) in [6.45, 7) is 4.11. The van der Waals surface area contributed by atoms with Crippen LogP contribution in [0.3, 0.4) is 0 Å². The SMILES string of the molecule is CC(C)CC(=O)Cc1ncnc2ccsc12. The summed E-state index contributed by atoms with van der Waals surface area (Å²) in [5.41, 5.74) is 1.80. The van der Waals surface area contributed by atoms with Gasteiger partial charge in [-0.15, -0.1) is 11.3 Å². The Bertz CT molecular complexity index is 504. The summed E-state index contributed by atoms with van der Waals surface area (Å²) >= 11 is 1.60. The molecule has 0 amide bonds. The fraction of sp³-hybridized carbons (Fsp3) is 0.417. The number of rotatable bonds is 4. The molecule has 0 aliphatic carbocycles. The molecule has 0 atom stereocenters. The average molecular weight is 234 g/mol.